The average molecular weight is 357 g/mol. The molecule has 0 bridgehead atoms. The standard InChI is InChI=1S/C19H17BrO2/c20-14-7-8-15-13(10-14)6-9-17-19(15)16(11-18(21)22-17)12-4-2-1-3-5-12/h1-5,7-8,10,16,18,21H,6,9,11H2/t16-,18?/m0/s1. The van der Waals surface area contributed by atoms with E-state index in [1.807, 2.05) is 6.07 Å². The molecule has 2 nitrogen and oxygen atoms in total. The second-order valence-electron chi connectivity index (χ2n) is 5.91. The summed E-state index contributed by atoms with van der Waals surface area (Å²) in [6.07, 6.45) is 1.72. The van der Waals surface area contributed by atoms with Crippen LogP contribution >= 0.6 is 15.9 Å². The number of hydrogen-bond donors (Lipinski definition) is 1. The van der Waals surface area contributed by atoms with Crippen molar-refractivity contribution >= 4 is 21.5 Å². The third-order valence-electron chi connectivity index (χ3n) is 4.55. The van der Waals surface area contributed by atoms with Crippen molar-refractivity contribution in [2.45, 2.75) is 31.5 Å². The Bertz CT molecular complexity index is 736. The summed E-state index contributed by atoms with van der Waals surface area (Å²) in [6.45, 7) is 0. The topological polar surface area (TPSA) is 29.5 Å². The highest BCUT2D eigenvalue weighted by molar-refractivity contribution is 9.10. The molecule has 0 spiro atoms. The highest BCUT2D eigenvalue weighted by Gasteiger charge is 2.34. The quantitative estimate of drug-likeness (QED) is 0.807. The van der Waals surface area contributed by atoms with Gasteiger partial charge in [0.05, 0.1) is 0 Å². The summed E-state index contributed by atoms with van der Waals surface area (Å²) in [5, 5.41) is 10.1. The molecule has 1 heterocycles. The van der Waals surface area contributed by atoms with Gasteiger partial charge >= 0.3 is 0 Å². The number of hydrogen-bond acceptors (Lipinski definition) is 2. The smallest absolute Gasteiger partial charge is 0.197 e. The lowest BCUT2D eigenvalue weighted by molar-refractivity contribution is -0.0809. The number of aliphatic hydroxyl groups excluding tert-OH is 1. The van der Waals surface area contributed by atoms with Crippen molar-refractivity contribution in [3.8, 4) is 0 Å². The number of aryl methyl sites for hydroxylation is 1. The maximum absolute atomic E-state index is 10.1. The van der Waals surface area contributed by atoms with Gasteiger partial charge in [-0.3, -0.25) is 0 Å². The Hall–Kier alpha value is -1.58. The average Bonchev–Trinajstić information content (AvgIpc) is 2.54. The number of halogens is 1. The maximum atomic E-state index is 10.1. The Balaban J connectivity index is 1.87. The molecule has 1 unspecified atom stereocenters. The van der Waals surface area contributed by atoms with Crippen LogP contribution in [0.15, 0.2) is 58.8 Å². The van der Waals surface area contributed by atoms with Crippen LogP contribution in [0.25, 0.3) is 5.57 Å². The molecular formula is C19H17BrO2. The first-order chi connectivity index (χ1) is 10.7. The molecule has 1 aliphatic heterocycles. The molecule has 112 valence electrons. The minimum absolute atomic E-state index is 0.195. The molecule has 2 aromatic carbocycles. The van der Waals surface area contributed by atoms with Gasteiger partial charge < -0.3 is 9.84 Å². The van der Waals surface area contributed by atoms with Gasteiger partial charge in [0, 0.05) is 28.8 Å². The molecule has 4 rings (SSSR count). The van der Waals surface area contributed by atoms with Crippen molar-refractivity contribution in [2.75, 3.05) is 0 Å². The second-order valence-corrected chi connectivity index (χ2v) is 6.83. The van der Waals surface area contributed by atoms with E-state index in [9.17, 15) is 5.11 Å². The molecule has 2 aromatic rings. The summed E-state index contributed by atoms with van der Waals surface area (Å²) in [5.41, 5.74) is 5.12. The fourth-order valence-corrected chi connectivity index (χ4v) is 4.00. The molecular weight excluding hydrogens is 340 g/mol. The van der Waals surface area contributed by atoms with Crippen LogP contribution < -0.4 is 0 Å². The molecule has 0 saturated carbocycles. The summed E-state index contributed by atoms with van der Waals surface area (Å²) in [4.78, 5) is 0. The van der Waals surface area contributed by atoms with Crippen LogP contribution in [0.1, 0.15) is 35.4 Å². The number of fused-ring (bicyclic) bond motifs is 2. The monoisotopic (exact) mass is 356 g/mol. The van der Waals surface area contributed by atoms with Gasteiger partial charge in [0.1, 0.15) is 5.76 Å². The van der Waals surface area contributed by atoms with E-state index in [0.29, 0.717) is 6.42 Å². The van der Waals surface area contributed by atoms with Gasteiger partial charge in [-0.05, 0) is 35.2 Å². The zero-order valence-electron chi connectivity index (χ0n) is 12.1. The van der Waals surface area contributed by atoms with E-state index in [1.165, 1.54) is 22.3 Å². The van der Waals surface area contributed by atoms with Crippen LogP contribution in [-0.2, 0) is 11.2 Å². The van der Waals surface area contributed by atoms with Gasteiger partial charge in [-0.2, -0.15) is 0 Å². The molecule has 1 aliphatic carbocycles. The van der Waals surface area contributed by atoms with E-state index in [0.717, 1.165) is 23.1 Å². The lowest BCUT2D eigenvalue weighted by Crippen LogP contribution is -2.26. The lowest BCUT2D eigenvalue weighted by atomic mass is 9.77. The number of benzene rings is 2. The van der Waals surface area contributed by atoms with Gasteiger partial charge in [-0.15, -0.1) is 0 Å². The van der Waals surface area contributed by atoms with Gasteiger partial charge in [-0.25, -0.2) is 0 Å². The summed E-state index contributed by atoms with van der Waals surface area (Å²) in [7, 11) is 0. The molecule has 22 heavy (non-hydrogen) atoms. The van der Waals surface area contributed by atoms with E-state index in [4.69, 9.17) is 4.74 Å². The van der Waals surface area contributed by atoms with Crippen LogP contribution in [0.3, 0.4) is 0 Å². The summed E-state index contributed by atoms with van der Waals surface area (Å²) in [5.74, 6) is 1.16. The SMILES string of the molecule is OC1C[C@@H](c2ccccc2)C2=C(CCc3cc(Br)ccc32)O1. The van der Waals surface area contributed by atoms with Crippen LogP contribution in [0.5, 0.6) is 0 Å². The normalized spacial score (nSPS) is 23.5. The molecule has 3 heteroatoms. The fourth-order valence-electron chi connectivity index (χ4n) is 3.59. The van der Waals surface area contributed by atoms with Crippen LogP contribution in [-0.4, -0.2) is 11.4 Å². The minimum Gasteiger partial charge on any atom is -0.469 e. The summed E-state index contributed by atoms with van der Waals surface area (Å²) >= 11 is 3.56. The van der Waals surface area contributed by atoms with Crippen LogP contribution in [0.2, 0.25) is 0 Å². The van der Waals surface area contributed by atoms with Gasteiger partial charge in [0.25, 0.3) is 0 Å². The van der Waals surface area contributed by atoms with E-state index in [2.05, 4.69) is 58.4 Å². The summed E-state index contributed by atoms with van der Waals surface area (Å²) in [6, 6.07) is 16.9. The Morgan fingerprint density at radius 2 is 1.86 bits per heavy atom. The predicted molar refractivity (Wildman–Crippen MR) is 90.3 cm³/mol. The van der Waals surface area contributed by atoms with E-state index in [1.54, 1.807) is 0 Å². The third kappa shape index (κ3) is 2.38. The number of allylic oxidation sites excluding steroid dienone is 2. The first kappa shape index (κ1) is 14.0. The van der Waals surface area contributed by atoms with E-state index < -0.39 is 6.29 Å². The molecule has 2 aliphatic rings. The van der Waals surface area contributed by atoms with Crippen molar-refractivity contribution in [3.63, 3.8) is 0 Å². The largest absolute Gasteiger partial charge is 0.469 e. The minimum atomic E-state index is -0.707. The molecule has 0 aromatic heterocycles. The third-order valence-corrected chi connectivity index (χ3v) is 5.04. The molecule has 0 amide bonds. The van der Waals surface area contributed by atoms with Crippen molar-refractivity contribution in [1.29, 1.82) is 0 Å². The Labute approximate surface area is 138 Å². The van der Waals surface area contributed by atoms with Crippen molar-refractivity contribution in [3.05, 3.63) is 75.5 Å². The second kappa shape index (κ2) is 5.56. The van der Waals surface area contributed by atoms with Gasteiger partial charge in [0.2, 0.25) is 0 Å². The number of ether oxygens (including phenoxy) is 1. The molecule has 0 radical (unpaired) electrons. The highest BCUT2D eigenvalue weighted by Crippen LogP contribution is 2.47. The highest BCUT2D eigenvalue weighted by atomic mass is 79.9. The van der Waals surface area contributed by atoms with E-state index in [-0.39, 0.29) is 5.92 Å². The lowest BCUT2D eigenvalue weighted by Gasteiger charge is -2.36. The fraction of sp³-hybridized carbons (Fsp3) is 0.263. The number of rotatable bonds is 1. The van der Waals surface area contributed by atoms with Crippen molar-refractivity contribution < 1.29 is 9.84 Å². The Morgan fingerprint density at radius 3 is 2.68 bits per heavy atom. The molecule has 0 fully saturated rings. The zero-order valence-corrected chi connectivity index (χ0v) is 13.7. The first-order valence-corrected chi connectivity index (χ1v) is 8.43. The summed E-state index contributed by atoms with van der Waals surface area (Å²) < 4.78 is 6.87. The zero-order chi connectivity index (χ0) is 15.1. The number of aliphatic hydroxyl groups is 1. The van der Waals surface area contributed by atoms with E-state index >= 15 is 0 Å². The predicted octanol–water partition coefficient (Wildman–Crippen LogP) is 4.63. The Morgan fingerprint density at radius 1 is 1.05 bits per heavy atom. The maximum Gasteiger partial charge on any atom is 0.197 e. The van der Waals surface area contributed by atoms with Gasteiger partial charge in [-0.1, -0.05) is 52.3 Å². The first-order valence-electron chi connectivity index (χ1n) is 7.64. The van der Waals surface area contributed by atoms with Gasteiger partial charge in [0.15, 0.2) is 6.29 Å². The molecule has 2 atom stereocenters. The molecule has 1 N–H and O–H groups in total. The van der Waals surface area contributed by atoms with Crippen molar-refractivity contribution in [1.82, 2.24) is 0 Å². The molecule has 0 saturated heterocycles. The van der Waals surface area contributed by atoms with Crippen LogP contribution in [0.4, 0.5) is 0 Å². The Kier molecular flexibility index (Phi) is 3.55. The van der Waals surface area contributed by atoms with Crippen LogP contribution in [0, 0.1) is 0 Å². The van der Waals surface area contributed by atoms with Crippen molar-refractivity contribution in [2.24, 2.45) is 0 Å².